The number of esters is 1. The Labute approximate surface area is 196 Å². The normalized spacial score (nSPS) is 14.5. The molecule has 3 aromatic heterocycles. The van der Waals surface area contributed by atoms with Gasteiger partial charge in [0.2, 0.25) is 5.95 Å². The predicted octanol–water partition coefficient (Wildman–Crippen LogP) is 4.39. The van der Waals surface area contributed by atoms with Crippen LogP contribution in [0.4, 0.5) is 10.3 Å². The Bertz CT molecular complexity index is 1280. The van der Waals surface area contributed by atoms with E-state index in [1.807, 2.05) is 19.1 Å². The standard InChI is InChI=1S/C25H25FN6O2/c1-2-34-23(33)11-16-7-9-32(10-8-16)25-28-14-18(15-29-25)20-5-3-17(13-27-20)24-30-21-6-4-19(26)12-22(21)31-24/h3-6,12-16H,2,7-11H2,1H3,(H,30,31). The maximum Gasteiger partial charge on any atom is 0.306 e. The first kappa shape index (κ1) is 21.9. The van der Waals surface area contributed by atoms with Gasteiger partial charge in [-0.25, -0.2) is 19.3 Å². The Morgan fingerprint density at radius 2 is 1.85 bits per heavy atom. The highest BCUT2D eigenvalue weighted by atomic mass is 19.1. The number of benzene rings is 1. The summed E-state index contributed by atoms with van der Waals surface area (Å²) in [6.45, 7) is 3.89. The van der Waals surface area contributed by atoms with Crippen molar-refractivity contribution in [1.29, 1.82) is 0 Å². The molecule has 0 bridgehead atoms. The van der Waals surface area contributed by atoms with Crippen molar-refractivity contribution in [2.45, 2.75) is 26.2 Å². The summed E-state index contributed by atoms with van der Waals surface area (Å²) < 4.78 is 18.5. The molecule has 4 aromatic rings. The molecule has 0 spiro atoms. The number of pyridine rings is 1. The van der Waals surface area contributed by atoms with E-state index in [9.17, 15) is 9.18 Å². The van der Waals surface area contributed by atoms with E-state index in [0.717, 1.165) is 42.8 Å². The molecule has 4 heterocycles. The van der Waals surface area contributed by atoms with Crippen LogP contribution in [0.5, 0.6) is 0 Å². The van der Waals surface area contributed by atoms with E-state index in [1.165, 1.54) is 12.1 Å². The largest absolute Gasteiger partial charge is 0.466 e. The third-order valence-corrected chi connectivity index (χ3v) is 6.07. The minimum absolute atomic E-state index is 0.116. The zero-order chi connectivity index (χ0) is 23.5. The van der Waals surface area contributed by atoms with Crippen LogP contribution < -0.4 is 4.90 Å². The lowest BCUT2D eigenvalue weighted by Gasteiger charge is -2.31. The van der Waals surface area contributed by atoms with Gasteiger partial charge in [-0.3, -0.25) is 9.78 Å². The Morgan fingerprint density at radius 3 is 2.56 bits per heavy atom. The summed E-state index contributed by atoms with van der Waals surface area (Å²) in [5.41, 5.74) is 3.73. The number of H-pyrrole nitrogens is 1. The second kappa shape index (κ2) is 9.54. The first-order chi connectivity index (χ1) is 16.6. The number of carbonyl (C=O) groups excluding carboxylic acids is 1. The van der Waals surface area contributed by atoms with Crippen molar-refractivity contribution in [1.82, 2.24) is 24.9 Å². The van der Waals surface area contributed by atoms with Gasteiger partial charge in [0.15, 0.2) is 0 Å². The fourth-order valence-corrected chi connectivity index (χ4v) is 4.23. The number of hydrogen-bond acceptors (Lipinski definition) is 7. The van der Waals surface area contributed by atoms with Gasteiger partial charge in [0.1, 0.15) is 11.6 Å². The smallest absolute Gasteiger partial charge is 0.306 e. The predicted molar refractivity (Wildman–Crippen MR) is 126 cm³/mol. The molecule has 8 nitrogen and oxygen atoms in total. The van der Waals surface area contributed by atoms with Crippen molar-refractivity contribution in [3.8, 4) is 22.6 Å². The van der Waals surface area contributed by atoms with Gasteiger partial charge in [0.05, 0.1) is 23.3 Å². The lowest BCUT2D eigenvalue weighted by Crippen LogP contribution is -2.35. The zero-order valence-electron chi connectivity index (χ0n) is 18.9. The number of piperidine rings is 1. The van der Waals surface area contributed by atoms with Crippen molar-refractivity contribution in [3.63, 3.8) is 0 Å². The quantitative estimate of drug-likeness (QED) is 0.426. The van der Waals surface area contributed by atoms with E-state index in [-0.39, 0.29) is 11.8 Å². The number of aromatic amines is 1. The van der Waals surface area contributed by atoms with Crippen molar-refractivity contribution in [2.75, 3.05) is 24.6 Å². The number of hydrogen-bond donors (Lipinski definition) is 1. The van der Waals surface area contributed by atoms with Gasteiger partial charge < -0.3 is 14.6 Å². The second-order valence-electron chi connectivity index (χ2n) is 8.39. The van der Waals surface area contributed by atoms with E-state index in [1.54, 1.807) is 24.7 Å². The Kier molecular flexibility index (Phi) is 6.16. The van der Waals surface area contributed by atoms with Crippen molar-refractivity contribution in [2.24, 2.45) is 5.92 Å². The lowest BCUT2D eigenvalue weighted by molar-refractivity contribution is -0.144. The molecule has 0 amide bonds. The molecule has 1 aliphatic heterocycles. The summed E-state index contributed by atoms with van der Waals surface area (Å²) in [6, 6.07) is 8.27. The average Bonchev–Trinajstić information content (AvgIpc) is 3.28. The van der Waals surface area contributed by atoms with Crippen LogP contribution in [0.1, 0.15) is 26.2 Å². The molecule has 0 atom stereocenters. The number of rotatable bonds is 6. The van der Waals surface area contributed by atoms with E-state index in [0.29, 0.717) is 41.8 Å². The van der Waals surface area contributed by atoms with Crippen molar-refractivity contribution in [3.05, 3.63) is 54.7 Å². The summed E-state index contributed by atoms with van der Waals surface area (Å²) in [5, 5.41) is 0. The third kappa shape index (κ3) is 4.73. The van der Waals surface area contributed by atoms with Crippen LogP contribution in [0, 0.1) is 11.7 Å². The van der Waals surface area contributed by atoms with E-state index in [2.05, 4.69) is 29.8 Å². The topological polar surface area (TPSA) is 96.9 Å². The number of halogens is 1. The van der Waals surface area contributed by atoms with Gasteiger partial charge in [0, 0.05) is 49.2 Å². The number of nitrogens with zero attached hydrogens (tertiary/aromatic N) is 5. The zero-order valence-corrected chi connectivity index (χ0v) is 18.9. The highest BCUT2D eigenvalue weighted by Crippen LogP contribution is 2.26. The van der Waals surface area contributed by atoms with Crippen LogP contribution in [0.2, 0.25) is 0 Å². The van der Waals surface area contributed by atoms with Crippen LogP contribution in [0.25, 0.3) is 33.7 Å². The average molecular weight is 461 g/mol. The van der Waals surface area contributed by atoms with Gasteiger partial charge >= 0.3 is 5.97 Å². The summed E-state index contributed by atoms with van der Waals surface area (Å²) in [4.78, 5) is 35.1. The SMILES string of the molecule is CCOC(=O)CC1CCN(c2ncc(-c3ccc(-c4nc5ccc(F)cc5[nH]4)cn3)cn2)CC1. The molecule has 1 N–H and O–H groups in total. The fourth-order valence-electron chi connectivity index (χ4n) is 4.23. The molecule has 1 fully saturated rings. The molecule has 0 unspecified atom stereocenters. The molecule has 1 aliphatic rings. The van der Waals surface area contributed by atoms with E-state index >= 15 is 0 Å². The van der Waals surface area contributed by atoms with Crippen molar-refractivity contribution < 1.29 is 13.9 Å². The van der Waals surface area contributed by atoms with Crippen LogP contribution in [0.15, 0.2) is 48.9 Å². The fraction of sp³-hybridized carbons (Fsp3) is 0.320. The Balaban J connectivity index is 1.23. The van der Waals surface area contributed by atoms with Gasteiger partial charge in [0.25, 0.3) is 0 Å². The van der Waals surface area contributed by atoms with Gasteiger partial charge in [-0.05, 0) is 56.0 Å². The minimum atomic E-state index is -0.305. The maximum atomic E-state index is 13.4. The highest BCUT2D eigenvalue weighted by molar-refractivity contribution is 5.79. The summed E-state index contributed by atoms with van der Waals surface area (Å²) in [7, 11) is 0. The molecule has 5 rings (SSSR count). The molecule has 0 aliphatic carbocycles. The molecule has 0 saturated carbocycles. The van der Waals surface area contributed by atoms with Gasteiger partial charge in [-0.2, -0.15) is 0 Å². The summed E-state index contributed by atoms with van der Waals surface area (Å²) in [5.74, 6) is 1.25. The lowest BCUT2D eigenvalue weighted by atomic mass is 9.94. The number of aromatic nitrogens is 5. The number of ether oxygens (including phenoxy) is 1. The van der Waals surface area contributed by atoms with Gasteiger partial charge in [-0.15, -0.1) is 0 Å². The molecule has 1 aromatic carbocycles. The van der Waals surface area contributed by atoms with Crippen LogP contribution in [0.3, 0.4) is 0 Å². The number of nitrogens with one attached hydrogen (secondary N) is 1. The second-order valence-corrected chi connectivity index (χ2v) is 8.39. The van der Waals surface area contributed by atoms with Crippen LogP contribution in [-0.2, 0) is 9.53 Å². The summed E-state index contributed by atoms with van der Waals surface area (Å²) in [6.07, 6.45) is 7.60. The summed E-state index contributed by atoms with van der Waals surface area (Å²) >= 11 is 0. The first-order valence-corrected chi connectivity index (χ1v) is 11.4. The Hall–Kier alpha value is -3.88. The van der Waals surface area contributed by atoms with Gasteiger partial charge in [-0.1, -0.05) is 0 Å². The maximum absolute atomic E-state index is 13.4. The van der Waals surface area contributed by atoms with Crippen LogP contribution >= 0.6 is 0 Å². The van der Waals surface area contributed by atoms with E-state index in [4.69, 9.17) is 4.74 Å². The first-order valence-electron chi connectivity index (χ1n) is 11.4. The molecule has 174 valence electrons. The molecule has 1 saturated heterocycles. The molecular weight excluding hydrogens is 435 g/mol. The highest BCUT2D eigenvalue weighted by Gasteiger charge is 2.23. The van der Waals surface area contributed by atoms with E-state index < -0.39 is 0 Å². The number of anilines is 1. The monoisotopic (exact) mass is 460 g/mol. The number of fused-ring (bicyclic) bond motifs is 1. The molecule has 0 radical (unpaired) electrons. The molecule has 34 heavy (non-hydrogen) atoms. The number of carbonyl (C=O) groups is 1. The Morgan fingerprint density at radius 1 is 1.09 bits per heavy atom. The molecular formula is C25H25FN6O2. The third-order valence-electron chi connectivity index (χ3n) is 6.07. The number of imidazole rings is 1. The van der Waals surface area contributed by atoms with Crippen LogP contribution in [-0.4, -0.2) is 50.6 Å². The minimum Gasteiger partial charge on any atom is -0.466 e. The molecule has 9 heteroatoms. The van der Waals surface area contributed by atoms with Crippen molar-refractivity contribution >= 4 is 23.0 Å².